The Hall–Kier alpha value is -2.87. The maximum atomic E-state index is 11.0. The van der Waals surface area contributed by atoms with E-state index in [-0.39, 0.29) is 5.97 Å². The van der Waals surface area contributed by atoms with Gasteiger partial charge in [0.2, 0.25) is 0 Å². The molecule has 0 aliphatic heterocycles. The molecule has 0 saturated carbocycles. The van der Waals surface area contributed by atoms with Crippen molar-refractivity contribution in [1.29, 1.82) is 0 Å². The lowest BCUT2D eigenvalue weighted by Crippen LogP contribution is -2.02. The van der Waals surface area contributed by atoms with Gasteiger partial charge in [-0.05, 0) is 54.7 Å². The molecule has 0 spiro atoms. The van der Waals surface area contributed by atoms with Crippen molar-refractivity contribution < 1.29 is 9.53 Å². The van der Waals surface area contributed by atoms with Crippen LogP contribution < -0.4 is 0 Å². The second-order valence-corrected chi connectivity index (χ2v) is 6.94. The highest BCUT2D eigenvalue weighted by molar-refractivity contribution is 5.90. The second-order valence-electron chi connectivity index (χ2n) is 6.94. The minimum absolute atomic E-state index is 0.275. The van der Waals surface area contributed by atoms with Crippen molar-refractivity contribution in [1.82, 2.24) is 0 Å². The zero-order valence-electron chi connectivity index (χ0n) is 20.7. The van der Waals surface area contributed by atoms with Crippen LogP contribution in [0.1, 0.15) is 67.6 Å². The standard InChI is InChI=1S/C14H14.C9H10O2.C4H10.C2H6/c1-11-7-3-5-9-13(11)14-10-6-4-8-12(14)2;1-7-5-3-4-6-8(7)9(10)11-2;1-3-4-2;1-2/h3-10H,1-2H3;3-6H,1-2H3;3-4H2,1-2H3;1-2H3. The lowest BCUT2D eigenvalue weighted by Gasteiger charge is -2.08. The van der Waals surface area contributed by atoms with Crippen LogP contribution in [0.5, 0.6) is 0 Å². The average molecular weight is 421 g/mol. The molecular weight excluding hydrogens is 380 g/mol. The van der Waals surface area contributed by atoms with Crippen molar-refractivity contribution in [3.8, 4) is 11.1 Å². The van der Waals surface area contributed by atoms with Gasteiger partial charge in [-0.2, -0.15) is 0 Å². The van der Waals surface area contributed by atoms with Gasteiger partial charge in [0.05, 0.1) is 12.7 Å². The predicted molar refractivity (Wildman–Crippen MR) is 136 cm³/mol. The minimum Gasteiger partial charge on any atom is -0.465 e. The van der Waals surface area contributed by atoms with E-state index in [9.17, 15) is 4.79 Å². The fourth-order valence-electron chi connectivity index (χ4n) is 2.66. The summed E-state index contributed by atoms with van der Waals surface area (Å²) in [5.41, 5.74) is 6.93. The Kier molecular flexibility index (Phi) is 15.3. The van der Waals surface area contributed by atoms with Crippen molar-refractivity contribution in [2.24, 2.45) is 0 Å². The molecule has 0 radical (unpaired) electrons. The van der Waals surface area contributed by atoms with Crippen molar-refractivity contribution in [2.45, 2.75) is 61.3 Å². The van der Waals surface area contributed by atoms with E-state index in [2.05, 4.69) is 81.0 Å². The number of hydrogen-bond acceptors (Lipinski definition) is 2. The molecule has 3 aromatic rings. The molecule has 0 bridgehead atoms. The smallest absolute Gasteiger partial charge is 0.338 e. The van der Waals surface area contributed by atoms with E-state index >= 15 is 0 Å². The van der Waals surface area contributed by atoms with Crippen LogP contribution in [0.15, 0.2) is 72.8 Å². The molecule has 0 heterocycles. The first kappa shape index (κ1) is 28.1. The van der Waals surface area contributed by atoms with Gasteiger partial charge < -0.3 is 4.74 Å². The molecule has 3 aromatic carbocycles. The summed E-state index contributed by atoms with van der Waals surface area (Å²) in [5, 5.41) is 0. The summed E-state index contributed by atoms with van der Waals surface area (Å²) in [6, 6.07) is 24.4. The number of ether oxygens (including phenoxy) is 1. The Labute approximate surface area is 190 Å². The predicted octanol–water partition coefficient (Wildman–Crippen LogP) is 8.58. The van der Waals surface area contributed by atoms with Crippen LogP contribution in [0, 0.1) is 20.8 Å². The zero-order chi connectivity index (χ0) is 23.6. The van der Waals surface area contributed by atoms with Gasteiger partial charge in [0.15, 0.2) is 0 Å². The van der Waals surface area contributed by atoms with Gasteiger partial charge in [-0.15, -0.1) is 0 Å². The van der Waals surface area contributed by atoms with E-state index in [4.69, 9.17) is 0 Å². The lowest BCUT2D eigenvalue weighted by atomic mass is 9.97. The summed E-state index contributed by atoms with van der Waals surface area (Å²) < 4.78 is 4.58. The number of rotatable bonds is 3. The number of benzene rings is 3. The lowest BCUT2D eigenvalue weighted by molar-refractivity contribution is 0.0600. The van der Waals surface area contributed by atoms with Crippen molar-refractivity contribution in [3.63, 3.8) is 0 Å². The summed E-state index contributed by atoms with van der Waals surface area (Å²) in [5.74, 6) is -0.275. The molecule has 3 rings (SSSR count). The van der Waals surface area contributed by atoms with Crippen molar-refractivity contribution in [3.05, 3.63) is 95.1 Å². The molecule has 168 valence electrons. The van der Waals surface area contributed by atoms with Crippen LogP contribution in [0.3, 0.4) is 0 Å². The summed E-state index contributed by atoms with van der Waals surface area (Å²) >= 11 is 0. The van der Waals surface area contributed by atoms with Crippen LogP contribution in [0.4, 0.5) is 0 Å². The quantitative estimate of drug-likeness (QED) is 0.397. The van der Waals surface area contributed by atoms with Crippen LogP contribution in [-0.4, -0.2) is 13.1 Å². The van der Waals surface area contributed by atoms with Crippen LogP contribution in [0.25, 0.3) is 11.1 Å². The molecule has 0 aliphatic carbocycles. The topological polar surface area (TPSA) is 26.3 Å². The summed E-state index contributed by atoms with van der Waals surface area (Å²) in [7, 11) is 1.38. The molecule has 0 atom stereocenters. The van der Waals surface area contributed by atoms with Gasteiger partial charge in [0, 0.05) is 0 Å². The molecule has 2 heteroatoms. The normalized spacial score (nSPS) is 9.03. The molecule has 0 saturated heterocycles. The monoisotopic (exact) mass is 420 g/mol. The third-order valence-electron chi connectivity index (χ3n) is 4.63. The first-order chi connectivity index (χ1) is 15.0. The van der Waals surface area contributed by atoms with E-state index in [1.807, 2.05) is 39.0 Å². The molecule has 0 N–H and O–H groups in total. The number of hydrogen-bond donors (Lipinski definition) is 0. The second kappa shape index (κ2) is 16.9. The third kappa shape index (κ3) is 10.1. The van der Waals surface area contributed by atoms with Gasteiger partial charge in [-0.25, -0.2) is 4.79 Å². The van der Waals surface area contributed by atoms with Crippen molar-refractivity contribution in [2.75, 3.05) is 7.11 Å². The fourth-order valence-corrected chi connectivity index (χ4v) is 2.66. The molecule has 0 aromatic heterocycles. The maximum Gasteiger partial charge on any atom is 0.338 e. The van der Waals surface area contributed by atoms with E-state index in [0.717, 1.165) is 5.56 Å². The highest BCUT2D eigenvalue weighted by atomic mass is 16.5. The SMILES string of the molecule is CC.CCCC.COC(=O)c1ccccc1C.Cc1ccccc1-c1ccccc1C. The summed E-state index contributed by atoms with van der Waals surface area (Å²) in [6.45, 7) is 14.6. The molecular formula is C29H40O2. The molecule has 0 amide bonds. The fraction of sp³-hybridized carbons (Fsp3) is 0.345. The third-order valence-corrected chi connectivity index (χ3v) is 4.63. The van der Waals surface area contributed by atoms with Gasteiger partial charge in [-0.1, -0.05) is 107 Å². The van der Waals surface area contributed by atoms with Gasteiger partial charge in [0.1, 0.15) is 0 Å². The Balaban J connectivity index is 0.000000473. The molecule has 31 heavy (non-hydrogen) atoms. The first-order valence-electron chi connectivity index (χ1n) is 11.2. The van der Waals surface area contributed by atoms with E-state index < -0.39 is 0 Å². The number of unbranched alkanes of at least 4 members (excludes halogenated alkanes) is 1. The maximum absolute atomic E-state index is 11.0. The average Bonchev–Trinajstić information content (AvgIpc) is 2.82. The number of carbonyl (C=O) groups excluding carboxylic acids is 1. The summed E-state index contributed by atoms with van der Waals surface area (Å²) in [6.07, 6.45) is 2.64. The summed E-state index contributed by atoms with van der Waals surface area (Å²) in [4.78, 5) is 11.0. The molecule has 0 fully saturated rings. The molecule has 0 unspecified atom stereocenters. The van der Waals surface area contributed by atoms with E-state index in [0.29, 0.717) is 5.56 Å². The van der Waals surface area contributed by atoms with Gasteiger partial charge >= 0.3 is 5.97 Å². The number of carbonyl (C=O) groups is 1. The van der Waals surface area contributed by atoms with Crippen LogP contribution in [-0.2, 0) is 4.74 Å². The highest BCUT2D eigenvalue weighted by Crippen LogP contribution is 2.25. The first-order valence-corrected chi connectivity index (χ1v) is 11.2. The Morgan fingerprint density at radius 2 is 1.00 bits per heavy atom. The van der Waals surface area contributed by atoms with E-state index in [1.165, 1.54) is 42.2 Å². The minimum atomic E-state index is -0.275. The number of methoxy groups -OCH3 is 1. The number of aryl methyl sites for hydroxylation is 3. The van der Waals surface area contributed by atoms with Gasteiger partial charge in [-0.3, -0.25) is 0 Å². The van der Waals surface area contributed by atoms with Crippen LogP contribution >= 0.6 is 0 Å². The van der Waals surface area contributed by atoms with Crippen LogP contribution in [0.2, 0.25) is 0 Å². The Morgan fingerprint density at radius 3 is 1.32 bits per heavy atom. The Bertz CT molecular complexity index is 836. The van der Waals surface area contributed by atoms with Crippen molar-refractivity contribution >= 4 is 5.97 Å². The van der Waals surface area contributed by atoms with E-state index in [1.54, 1.807) is 6.07 Å². The molecule has 0 aliphatic rings. The zero-order valence-corrected chi connectivity index (χ0v) is 20.7. The van der Waals surface area contributed by atoms with Gasteiger partial charge in [0.25, 0.3) is 0 Å². The Morgan fingerprint density at radius 1 is 0.645 bits per heavy atom. The highest BCUT2D eigenvalue weighted by Gasteiger charge is 2.06. The largest absolute Gasteiger partial charge is 0.465 e. The molecule has 2 nitrogen and oxygen atoms in total. The number of esters is 1.